The van der Waals surface area contributed by atoms with Crippen molar-refractivity contribution in [2.24, 2.45) is 0 Å². The van der Waals surface area contributed by atoms with Crippen molar-refractivity contribution in [2.45, 2.75) is 19.9 Å². The van der Waals surface area contributed by atoms with Crippen LogP contribution in [0, 0.1) is 11.6 Å². The Morgan fingerprint density at radius 2 is 2.00 bits per heavy atom. The van der Waals surface area contributed by atoms with Crippen LogP contribution in [-0.2, 0) is 0 Å². The van der Waals surface area contributed by atoms with Gasteiger partial charge in [-0.2, -0.15) is 0 Å². The molecule has 1 aromatic carbocycles. The van der Waals surface area contributed by atoms with Gasteiger partial charge in [-0.25, -0.2) is 8.78 Å². The number of benzene rings is 1. The van der Waals surface area contributed by atoms with Crippen molar-refractivity contribution in [3.05, 3.63) is 29.3 Å². The van der Waals surface area contributed by atoms with Crippen molar-refractivity contribution < 1.29 is 13.6 Å². The number of nitrogen functional groups attached to an aromatic ring is 1. The van der Waals surface area contributed by atoms with Crippen LogP contribution in [0.15, 0.2) is 12.1 Å². The highest BCUT2D eigenvalue weighted by Gasteiger charge is 2.16. The van der Waals surface area contributed by atoms with Crippen LogP contribution in [0.5, 0.6) is 0 Å². The third-order valence-corrected chi connectivity index (χ3v) is 1.73. The highest BCUT2D eigenvalue weighted by Crippen LogP contribution is 2.17. The molecule has 0 bridgehead atoms. The van der Waals surface area contributed by atoms with Crippen molar-refractivity contribution in [3.63, 3.8) is 0 Å². The average Bonchev–Trinajstić information content (AvgIpc) is 2.09. The first-order valence-electron chi connectivity index (χ1n) is 4.47. The second-order valence-electron chi connectivity index (χ2n) is 3.48. The van der Waals surface area contributed by atoms with Crippen LogP contribution in [0.3, 0.4) is 0 Å². The maximum atomic E-state index is 13.3. The van der Waals surface area contributed by atoms with Crippen molar-refractivity contribution in [2.75, 3.05) is 5.73 Å². The van der Waals surface area contributed by atoms with Gasteiger partial charge in [-0.1, -0.05) is 0 Å². The SMILES string of the molecule is CC(C)NC(=O)c1cc(F)cc(N)c1F. The number of amides is 1. The van der Waals surface area contributed by atoms with Gasteiger partial charge < -0.3 is 11.1 Å². The maximum Gasteiger partial charge on any atom is 0.254 e. The molecule has 0 unspecified atom stereocenters. The molecule has 3 N–H and O–H groups in total. The Bertz CT molecular complexity index is 391. The molecule has 3 nitrogen and oxygen atoms in total. The number of hydrogen-bond donors (Lipinski definition) is 2. The number of anilines is 1. The van der Waals surface area contributed by atoms with Gasteiger partial charge in [0.2, 0.25) is 0 Å². The Morgan fingerprint density at radius 3 is 2.53 bits per heavy atom. The first kappa shape index (κ1) is 11.4. The standard InChI is InChI=1S/C10H12F2N2O/c1-5(2)14-10(15)7-3-6(11)4-8(13)9(7)12/h3-5H,13H2,1-2H3,(H,14,15). The van der Waals surface area contributed by atoms with Gasteiger partial charge in [0.15, 0.2) is 5.82 Å². The summed E-state index contributed by atoms with van der Waals surface area (Å²) in [5.41, 5.74) is 4.45. The smallest absolute Gasteiger partial charge is 0.254 e. The summed E-state index contributed by atoms with van der Waals surface area (Å²) in [6.07, 6.45) is 0. The Morgan fingerprint density at radius 1 is 1.40 bits per heavy atom. The van der Waals surface area contributed by atoms with Crippen LogP contribution in [0.25, 0.3) is 0 Å². The first-order chi connectivity index (χ1) is 6.91. The number of carbonyl (C=O) groups excluding carboxylic acids is 1. The highest BCUT2D eigenvalue weighted by molar-refractivity contribution is 5.95. The van der Waals surface area contributed by atoms with Crippen molar-refractivity contribution in [1.29, 1.82) is 0 Å². The molecular weight excluding hydrogens is 202 g/mol. The summed E-state index contributed by atoms with van der Waals surface area (Å²) in [4.78, 5) is 11.4. The van der Waals surface area contributed by atoms with E-state index >= 15 is 0 Å². The largest absolute Gasteiger partial charge is 0.396 e. The van der Waals surface area contributed by atoms with E-state index < -0.39 is 17.5 Å². The van der Waals surface area contributed by atoms with E-state index in [1.54, 1.807) is 13.8 Å². The van der Waals surface area contributed by atoms with Gasteiger partial charge in [0.1, 0.15) is 5.82 Å². The Labute approximate surface area is 86.3 Å². The van der Waals surface area contributed by atoms with Crippen LogP contribution in [0.2, 0.25) is 0 Å². The molecule has 1 amide bonds. The zero-order valence-electron chi connectivity index (χ0n) is 8.47. The first-order valence-corrected chi connectivity index (χ1v) is 4.47. The monoisotopic (exact) mass is 214 g/mol. The van der Waals surface area contributed by atoms with Gasteiger partial charge in [0, 0.05) is 6.04 Å². The lowest BCUT2D eigenvalue weighted by molar-refractivity contribution is 0.0938. The van der Waals surface area contributed by atoms with Gasteiger partial charge in [-0.3, -0.25) is 4.79 Å². The normalized spacial score (nSPS) is 10.5. The molecule has 0 aliphatic heterocycles. The molecule has 0 aromatic heterocycles. The molecule has 1 rings (SSSR count). The van der Waals surface area contributed by atoms with E-state index in [1.807, 2.05) is 0 Å². The molecule has 0 saturated heterocycles. The molecular formula is C10H12F2N2O. The maximum absolute atomic E-state index is 13.3. The molecule has 0 aliphatic rings. The Balaban J connectivity index is 3.08. The quantitative estimate of drug-likeness (QED) is 0.736. The van der Waals surface area contributed by atoms with E-state index in [4.69, 9.17) is 5.73 Å². The molecule has 0 radical (unpaired) electrons. The summed E-state index contributed by atoms with van der Waals surface area (Å²) in [5.74, 6) is -2.30. The van der Waals surface area contributed by atoms with E-state index in [2.05, 4.69) is 5.32 Å². The summed E-state index contributed by atoms with van der Waals surface area (Å²) in [6, 6.07) is 1.51. The number of hydrogen-bond acceptors (Lipinski definition) is 2. The molecule has 0 fully saturated rings. The van der Waals surface area contributed by atoms with E-state index in [1.165, 1.54) is 0 Å². The van der Waals surface area contributed by atoms with Crippen molar-refractivity contribution in [3.8, 4) is 0 Å². The predicted octanol–water partition coefficient (Wildman–Crippen LogP) is 1.69. The van der Waals surface area contributed by atoms with Gasteiger partial charge >= 0.3 is 0 Å². The third kappa shape index (κ3) is 2.65. The number of nitrogens with one attached hydrogen (secondary N) is 1. The second-order valence-corrected chi connectivity index (χ2v) is 3.48. The van der Waals surface area contributed by atoms with Crippen molar-refractivity contribution in [1.82, 2.24) is 5.32 Å². The van der Waals surface area contributed by atoms with Crippen LogP contribution >= 0.6 is 0 Å². The van der Waals surface area contributed by atoms with Gasteiger partial charge in [-0.15, -0.1) is 0 Å². The molecule has 0 saturated carbocycles. The number of nitrogens with two attached hydrogens (primary N) is 1. The second kappa shape index (κ2) is 4.25. The Hall–Kier alpha value is -1.65. The lowest BCUT2D eigenvalue weighted by Gasteiger charge is -2.09. The topological polar surface area (TPSA) is 55.1 Å². The summed E-state index contributed by atoms with van der Waals surface area (Å²) in [5, 5.41) is 2.45. The molecule has 0 spiro atoms. The van der Waals surface area contributed by atoms with Crippen LogP contribution in [-0.4, -0.2) is 11.9 Å². The fourth-order valence-electron chi connectivity index (χ4n) is 1.12. The molecule has 0 aliphatic carbocycles. The lowest BCUT2D eigenvalue weighted by Crippen LogP contribution is -2.31. The Kier molecular flexibility index (Phi) is 3.24. The van der Waals surface area contributed by atoms with Crippen LogP contribution < -0.4 is 11.1 Å². The van der Waals surface area contributed by atoms with E-state index in [9.17, 15) is 13.6 Å². The van der Waals surface area contributed by atoms with E-state index in [0.717, 1.165) is 12.1 Å². The number of carbonyl (C=O) groups is 1. The molecule has 15 heavy (non-hydrogen) atoms. The van der Waals surface area contributed by atoms with Gasteiger partial charge in [-0.05, 0) is 26.0 Å². The number of rotatable bonds is 2. The summed E-state index contributed by atoms with van der Waals surface area (Å²) in [7, 11) is 0. The van der Waals surface area contributed by atoms with Gasteiger partial charge in [0.05, 0.1) is 11.3 Å². The zero-order chi connectivity index (χ0) is 11.6. The average molecular weight is 214 g/mol. The molecule has 1 aromatic rings. The molecule has 0 heterocycles. The molecule has 0 atom stereocenters. The van der Waals surface area contributed by atoms with E-state index in [0.29, 0.717) is 0 Å². The lowest BCUT2D eigenvalue weighted by atomic mass is 10.1. The minimum Gasteiger partial charge on any atom is -0.396 e. The summed E-state index contributed by atoms with van der Waals surface area (Å²) < 4.78 is 26.2. The fraction of sp³-hybridized carbons (Fsp3) is 0.300. The predicted molar refractivity (Wildman–Crippen MR) is 53.4 cm³/mol. The van der Waals surface area contributed by atoms with Crippen LogP contribution in [0.1, 0.15) is 24.2 Å². The summed E-state index contributed by atoms with van der Waals surface area (Å²) in [6.45, 7) is 3.44. The third-order valence-electron chi connectivity index (χ3n) is 1.73. The van der Waals surface area contributed by atoms with Crippen molar-refractivity contribution >= 4 is 11.6 Å². The van der Waals surface area contributed by atoms with E-state index in [-0.39, 0.29) is 17.3 Å². The molecule has 5 heteroatoms. The summed E-state index contributed by atoms with van der Waals surface area (Å²) >= 11 is 0. The minimum absolute atomic E-state index is 0.151. The zero-order valence-corrected chi connectivity index (χ0v) is 8.47. The minimum atomic E-state index is -0.894. The highest BCUT2D eigenvalue weighted by atomic mass is 19.1. The fourth-order valence-corrected chi connectivity index (χ4v) is 1.12. The van der Waals surface area contributed by atoms with Crippen LogP contribution in [0.4, 0.5) is 14.5 Å². The number of halogens is 2. The van der Waals surface area contributed by atoms with Gasteiger partial charge in [0.25, 0.3) is 5.91 Å². The molecule has 82 valence electrons.